The average Bonchev–Trinajstić information content (AvgIpc) is 2.67. The highest BCUT2D eigenvalue weighted by molar-refractivity contribution is 5.51. The number of hydrogen-bond donors (Lipinski definition) is 0. The zero-order valence-corrected chi connectivity index (χ0v) is 14.4. The van der Waals surface area contributed by atoms with E-state index in [1.54, 1.807) is 19.2 Å². The highest BCUT2D eigenvalue weighted by Gasteiger charge is 2.17. The summed E-state index contributed by atoms with van der Waals surface area (Å²) in [6, 6.07) is 15.1. The van der Waals surface area contributed by atoms with Gasteiger partial charge in [-0.25, -0.2) is 0 Å². The molecule has 1 heterocycles. The molecule has 0 amide bonds. The summed E-state index contributed by atoms with van der Waals surface area (Å²) in [6.07, 6.45) is 1.03. The average molecular weight is 341 g/mol. The number of anilines is 1. The molecule has 2 aromatic carbocycles. The lowest BCUT2D eigenvalue weighted by Gasteiger charge is -2.36. The Labute approximate surface area is 147 Å². The molecule has 1 fully saturated rings. The van der Waals surface area contributed by atoms with Crippen molar-refractivity contribution in [3.8, 4) is 5.75 Å². The number of nitro benzene ring substituents is 1. The molecule has 1 saturated heterocycles. The smallest absolute Gasteiger partial charge is 0.269 e. The largest absolute Gasteiger partial charge is 0.497 e. The van der Waals surface area contributed by atoms with Crippen LogP contribution in [0.4, 0.5) is 11.4 Å². The minimum Gasteiger partial charge on any atom is -0.497 e. The summed E-state index contributed by atoms with van der Waals surface area (Å²) in [5, 5.41) is 10.7. The van der Waals surface area contributed by atoms with E-state index in [4.69, 9.17) is 4.74 Å². The highest BCUT2D eigenvalue weighted by Crippen LogP contribution is 2.21. The van der Waals surface area contributed by atoms with Gasteiger partial charge in [0.2, 0.25) is 0 Å². The third kappa shape index (κ3) is 4.48. The molecule has 6 nitrogen and oxygen atoms in total. The van der Waals surface area contributed by atoms with Crippen LogP contribution in [-0.4, -0.2) is 49.7 Å². The summed E-state index contributed by atoms with van der Waals surface area (Å²) in [4.78, 5) is 15.1. The van der Waals surface area contributed by atoms with Crippen molar-refractivity contribution in [2.75, 3.05) is 44.7 Å². The zero-order chi connectivity index (χ0) is 17.6. The number of hydrogen-bond acceptors (Lipinski definition) is 5. The predicted octanol–water partition coefficient (Wildman–Crippen LogP) is 2.97. The molecule has 0 radical (unpaired) electrons. The lowest BCUT2D eigenvalue weighted by Crippen LogP contribution is -2.46. The topological polar surface area (TPSA) is 58.8 Å². The van der Waals surface area contributed by atoms with Crippen molar-refractivity contribution < 1.29 is 9.66 Å². The molecule has 2 aromatic rings. The van der Waals surface area contributed by atoms with Gasteiger partial charge in [-0.05, 0) is 36.2 Å². The molecule has 0 unspecified atom stereocenters. The van der Waals surface area contributed by atoms with Crippen LogP contribution in [0.15, 0.2) is 48.5 Å². The molecule has 0 atom stereocenters. The first-order valence-corrected chi connectivity index (χ1v) is 8.50. The number of benzene rings is 2. The van der Waals surface area contributed by atoms with Gasteiger partial charge in [-0.2, -0.15) is 0 Å². The van der Waals surface area contributed by atoms with Gasteiger partial charge in [-0.15, -0.1) is 0 Å². The van der Waals surface area contributed by atoms with Crippen molar-refractivity contribution in [2.45, 2.75) is 6.42 Å². The third-order valence-corrected chi connectivity index (χ3v) is 4.67. The van der Waals surface area contributed by atoms with Crippen molar-refractivity contribution in [3.63, 3.8) is 0 Å². The third-order valence-electron chi connectivity index (χ3n) is 4.67. The summed E-state index contributed by atoms with van der Waals surface area (Å²) in [7, 11) is 1.68. The molecule has 0 N–H and O–H groups in total. The van der Waals surface area contributed by atoms with Crippen molar-refractivity contribution in [3.05, 3.63) is 64.2 Å². The SMILES string of the molecule is COc1ccc(CCN2CCN(c3ccc([N+](=O)[O-])cc3)CC2)cc1. The first kappa shape index (κ1) is 17.2. The van der Waals surface area contributed by atoms with Crippen LogP contribution in [0, 0.1) is 10.1 Å². The Hall–Kier alpha value is -2.60. The maximum atomic E-state index is 10.7. The molecular weight excluding hydrogens is 318 g/mol. The molecule has 0 aromatic heterocycles. The minimum absolute atomic E-state index is 0.141. The summed E-state index contributed by atoms with van der Waals surface area (Å²) in [6.45, 7) is 4.95. The Morgan fingerprint density at radius 1 is 1.00 bits per heavy atom. The van der Waals surface area contributed by atoms with Gasteiger partial charge >= 0.3 is 0 Å². The molecule has 1 aliphatic heterocycles. The highest BCUT2D eigenvalue weighted by atomic mass is 16.6. The van der Waals surface area contributed by atoms with Gasteiger partial charge < -0.3 is 9.64 Å². The number of nitro groups is 1. The van der Waals surface area contributed by atoms with Gasteiger partial charge in [0.15, 0.2) is 0 Å². The normalized spacial score (nSPS) is 15.2. The second-order valence-corrected chi connectivity index (χ2v) is 6.20. The van der Waals surface area contributed by atoms with E-state index < -0.39 is 0 Å². The van der Waals surface area contributed by atoms with E-state index in [0.717, 1.165) is 50.6 Å². The Kier molecular flexibility index (Phi) is 5.50. The Bertz CT molecular complexity index is 693. The van der Waals surface area contributed by atoms with Crippen LogP contribution in [0.1, 0.15) is 5.56 Å². The van der Waals surface area contributed by atoms with E-state index in [9.17, 15) is 10.1 Å². The molecule has 6 heteroatoms. The molecule has 1 aliphatic rings. The second-order valence-electron chi connectivity index (χ2n) is 6.20. The van der Waals surface area contributed by atoms with Gasteiger partial charge in [0.1, 0.15) is 5.75 Å². The molecule has 0 aliphatic carbocycles. The van der Waals surface area contributed by atoms with E-state index in [0.29, 0.717) is 0 Å². The zero-order valence-electron chi connectivity index (χ0n) is 14.4. The summed E-state index contributed by atoms with van der Waals surface area (Å²) >= 11 is 0. The molecule has 0 spiro atoms. The van der Waals surface area contributed by atoms with E-state index in [1.807, 2.05) is 24.3 Å². The maximum Gasteiger partial charge on any atom is 0.269 e. The molecule has 3 rings (SSSR count). The van der Waals surface area contributed by atoms with Gasteiger partial charge in [0.25, 0.3) is 5.69 Å². The van der Waals surface area contributed by atoms with E-state index in [1.165, 1.54) is 5.56 Å². The maximum absolute atomic E-state index is 10.7. The molecule has 25 heavy (non-hydrogen) atoms. The standard InChI is InChI=1S/C19H23N3O3/c1-25-19-8-2-16(3-9-19)10-11-20-12-14-21(15-13-20)17-4-6-18(7-5-17)22(23)24/h2-9H,10-15H2,1H3. The fraction of sp³-hybridized carbons (Fsp3) is 0.368. The molecular formula is C19H23N3O3. The van der Waals surface area contributed by atoms with E-state index in [2.05, 4.69) is 21.9 Å². The van der Waals surface area contributed by atoms with E-state index >= 15 is 0 Å². The lowest BCUT2D eigenvalue weighted by molar-refractivity contribution is -0.384. The number of nitrogens with zero attached hydrogens (tertiary/aromatic N) is 3. The Balaban J connectivity index is 1.47. The minimum atomic E-state index is -0.360. The fourth-order valence-electron chi connectivity index (χ4n) is 3.09. The van der Waals surface area contributed by atoms with Crippen LogP contribution in [-0.2, 0) is 6.42 Å². The quantitative estimate of drug-likeness (QED) is 0.597. The summed E-state index contributed by atoms with van der Waals surface area (Å²) in [5.74, 6) is 0.889. The van der Waals surface area contributed by atoms with Crippen molar-refractivity contribution in [2.24, 2.45) is 0 Å². The predicted molar refractivity (Wildman–Crippen MR) is 98.4 cm³/mol. The van der Waals surface area contributed by atoms with Crippen LogP contribution in [0.3, 0.4) is 0 Å². The van der Waals surface area contributed by atoms with Crippen molar-refractivity contribution in [1.29, 1.82) is 0 Å². The van der Waals surface area contributed by atoms with Crippen LogP contribution >= 0.6 is 0 Å². The number of rotatable bonds is 6. The monoisotopic (exact) mass is 341 g/mol. The first-order chi connectivity index (χ1) is 12.2. The number of ether oxygens (including phenoxy) is 1. The number of methoxy groups -OCH3 is 1. The van der Waals surface area contributed by atoms with Gasteiger partial charge in [-0.1, -0.05) is 12.1 Å². The van der Waals surface area contributed by atoms with E-state index in [-0.39, 0.29) is 10.6 Å². The van der Waals surface area contributed by atoms with Gasteiger partial charge in [-0.3, -0.25) is 15.0 Å². The number of piperazine rings is 1. The van der Waals surface area contributed by atoms with Crippen molar-refractivity contribution in [1.82, 2.24) is 4.90 Å². The van der Waals surface area contributed by atoms with Crippen LogP contribution in [0.2, 0.25) is 0 Å². The van der Waals surface area contributed by atoms with Gasteiger partial charge in [0.05, 0.1) is 12.0 Å². The number of non-ortho nitro benzene ring substituents is 1. The second kappa shape index (κ2) is 7.98. The first-order valence-electron chi connectivity index (χ1n) is 8.50. The fourth-order valence-corrected chi connectivity index (χ4v) is 3.09. The Morgan fingerprint density at radius 2 is 1.64 bits per heavy atom. The van der Waals surface area contributed by atoms with Crippen molar-refractivity contribution >= 4 is 11.4 Å². The lowest BCUT2D eigenvalue weighted by atomic mass is 10.1. The van der Waals surface area contributed by atoms with Crippen LogP contribution in [0.5, 0.6) is 5.75 Å². The summed E-state index contributed by atoms with van der Waals surface area (Å²) < 4.78 is 5.18. The molecule has 0 saturated carbocycles. The summed E-state index contributed by atoms with van der Waals surface area (Å²) in [5.41, 5.74) is 2.51. The van der Waals surface area contributed by atoms with Crippen LogP contribution < -0.4 is 9.64 Å². The van der Waals surface area contributed by atoms with Gasteiger partial charge in [0, 0.05) is 50.5 Å². The molecule has 132 valence electrons. The molecule has 0 bridgehead atoms. The van der Waals surface area contributed by atoms with Crippen LogP contribution in [0.25, 0.3) is 0 Å². The Morgan fingerprint density at radius 3 is 2.20 bits per heavy atom.